The highest BCUT2D eigenvalue weighted by molar-refractivity contribution is 5.82. The number of fused-ring (bicyclic) bond motifs is 1. The summed E-state index contributed by atoms with van der Waals surface area (Å²) in [5.41, 5.74) is 0. The van der Waals surface area contributed by atoms with Gasteiger partial charge in [-0.1, -0.05) is 19.8 Å². The highest BCUT2D eigenvalue weighted by Gasteiger charge is 2.38. The number of nitrogens with zero attached hydrogens (tertiary/aromatic N) is 2. The normalized spacial score (nSPS) is 29.1. The number of carbonyl (C=O) groups is 1. The summed E-state index contributed by atoms with van der Waals surface area (Å²) < 4.78 is 2.14. The van der Waals surface area contributed by atoms with Crippen molar-refractivity contribution in [3.8, 4) is 0 Å². The van der Waals surface area contributed by atoms with Crippen molar-refractivity contribution in [2.75, 3.05) is 6.54 Å². The third-order valence-corrected chi connectivity index (χ3v) is 5.24. The summed E-state index contributed by atoms with van der Waals surface area (Å²) >= 11 is 0. The number of hydrogen-bond acceptors (Lipinski definition) is 3. The van der Waals surface area contributed by atoms with Gasteiger partial charge in [-0.2, -0.15) is 0 Å². The molecule has 1 saturated carbocycles. The molecule has 0 spiro atoms. The Balaban J connectivity index is 1.43. The number of hydrogen-bond donors (Lipinski definition) is 2. The van der Waals surface area contributed by atoms with Crippen molar-refractivity contribution >= 4 is 5.91 Å². The molecule has 2 aliphatic rings. The molecule has 0 aromatic carbocycles. The Bertz CT molecular complexity index is 499. The van der Waals surface area contributed by atoms with Crippen molar-refractivity contribution in [3.63, 3.8) is 0 Å². The van der Waals surface area contributed by atoms with Crippen molar-refractivity contribution in [2.24, 2.45) is 11.8 Å². The maximum Gasteiger partial charge on any atom is 0.237 e. The molecule has 1 aromatic rings. The van der Waals surface area contributed by atoms with E-state index in [0.29, 0.717) is 12.0 Å². The lowest BCUT2D eigenvalue weighted by atomic mass is 9.85. The van der Waals surface area contributed by atoms with Gasteiger partial charge < -0.3 is 15.2 Å². The van der Waals surface area contributed by atoms with Gasteiger partial charge in [-0.15, -0.1) is 0 Å². The second-order valence-electron chi connectivity index (χ2n) is 7.08. The second kappa shape index (κ2) is 6.82. The Morgan fingerprint density at radius 1 is 1.50 bits per heavy atom. The van der Waals surface area contributed by atoms with Crippen LogP contribution in [0.25, 0.3) is 0 Å². The Hall–Kier alpha value is -1.36. The summed E-state index contributed by atoms with van der Waals surface area (Å²) in [7, 11) is 0. The van der Waals surface area contributed by atoms with Crippen molar-refractivity contribution < 1.29 is 4.79 Å². The smallest absolute Gasteiger partial charge is 0.237 e. The topological polar surface area (TPSA) is 59.0 Å². The fraction of sp³-hybridized carbons (Fsp3) is 0.765. The maximum absolute atomic E-state index is 12.4. The molecule has 2 fully saturated rings. The van der Waals surface area contributed by atoms with Crippen LogP contribution >= 0.6 is 0 Å². The molecular weight excluding hydrogens is 276 g/mol. The number of carbonyl (C=O) groups excluding carboxylic acids is 1. The van der Waals surface area contributed by atoms with Gasteiger partial charge in [0.25, 0.3) is 0 Å². The fourth-order valence-electron chi connectivity index (χ4n) is 3.92. The molecule has 1 saturated heterocycles. The van der Waals surface area contributed by atoms with E-state index < -0.39 is 0 Å². The Labute approximate surface area is 132 Å². The molecule has 4 unspecified atom stereocenters. The summed E-state index contributed by atoms with van der Waals surface area (Å²) in [5, 5.41) is 6.67. The predicted molar refractivity (Wildman–Crippen MR) is 86.4 cm³/mol. The number of imidazole rings is 1. The lowest BCUT2D eigenvalue weighted by Gasteiger charge is -2.24. The second-order valence-corrected chi connectivity index (χ2v) is 7.08. The molecule has 2 N–H and O–H groups in total. The molecule has 0 bridgehead atoms. The minimum Gasteiger partial charge on any atom is -0.354 e. The standard InChI is InChI=1S/C17H28N4O/c1-12(11-21-8-7-18-13(21)2)10-19-17(22)16-9-14-5-3-4-6-15(14)20-16/h7-8,12,14-16,20H,3-6,9-11H2,1-2H3,(H,19,22). The monoisotopic (exact) mass is 304 g/mol. The molecule has 1 aromatic heterocycles. The molecule has 5 nitrogen and oxygen atoms in total. The number of rotatable bonds is 5. The largest absolute Gasteiger partial charge is 0.354 e. The van der Waals surface area contributed by atoms with Crippen LogP contribution in [0.2, 0.25) is 0 Å². The van der Waals surface area contributed by atoms with Gasteiger partial charge in [0.1, 0.15) is 5.82 Å². The lowest BCUT2D eigenvalue weighted by molar-refractivity contribution is -0.123. The van der Waals surface area contributed by atoms with Gasteiger partial charge in [0.2, 0.25) is 5.91 Å². The molecule has 22 heavy (non-hydrogen) atoms. The van der Waals surface area contributed by atoms with E-state index in [9.17, 15) is 4.79 Å². The minimum absolute atomic E-state index is 0.0234. The first-order valence-corrected chi connectivity index (χ1v) is 8.65. The van der Waals surface area contributed by atoms with E-state index in [1.54, 1.807) is 0 Å². The Morgan fingerprint density at radius 3 is 3.05 bits per heavy atom. The van der Waals surface area contributed by atoms with Gasteiger partial charge in [0.15, 0.2) is 0 Å². The van der Waals surface area contributed by atoms with Crippen LogP contribution in [-0.2, 0) is 11.3 Å². The third-order valence-electron chi connectivity index (χ3n) is 5.24. The highest BCUT2D eigenvalue weighted by Crippen LogP contribution is 2.33. The molecule has 5 heteroatoms. The highest BCUT2D eigenvalue weighted by atomic mass is 16.2. The first kappa shape index (κ1) is 15.5. The fourth-order valence-corrected chi connectivity index (χ4v) is 3.92. The van der Waals surface area contributed by atoms with Crippen LogP contribution in [0.1, 0.15) is 44.9 Å². The first-order chi connectivity index (χ1) is 10.6. The number of amides is 1. The Morgan fingerprint density at radius 2 is 2.32 bits per heavy atom. The first-order valence-electron chi connectivity index (χ1n) is 8.65. The van der Waals surface area contributed by atoms with Gasteiger partial charge in [0.05, 0.1) is 6.04 Å². The zero-order chi connectivity index (χ0) is 15.5. The van der Waals surface area contributed by atoms with Crippen molar-refractivity contribution in [1.29, 1.82) is 0 Å². The summed E-state index contributed by atoms with van der Waals surface area (Å²) in [4.78, 5) is 16.6. The maximum atomic E-state index is 12.4. The summed E-state index contributed by atoms with van der Waals surface area (Å²) in [5.74, 6) is 2.33. The average molecular weight is 304 g/mol. The summed E-state index contributed by atoms with van der Waals surface area (Å²) in [6.45, 7) is 5.80. The zero-order valence-electron chi connectivity index (χ0n) is 13.7. The SMILES string of the molecule is Cc1nccn1CC(C)CNC(=O)C1CC2CCCCC2N1. The molecule has 1 aliphatic heterocycles. The van der Waals surface area contributed by atoms with Crippen LogP contribution < -0.4 is 10.6 Å². The molecule has 1 aliphatic carbocycles. The van der Waals surface area contributed by atoms with E-state index in [1.165, 1.54) is 25.7 Å². The number of aryl methyl sites for hydroxylation is 1. The molecule has 1 amide bonds. The van der Waals surface area contributed by atoms with E-state index in [4.69, 9.17) is 0 Å². The molecule has 0 radical (unpaired) electrons. The van der Waals surface area contributed by atoms with E-state index in [1.807, 2.05) is 19.3 Å². The van der Waals surface area contributed by atoms with E-state index in [2.05, 4.69) is 27.1 Å². The zero-order valence-corrected chi connectivity index (χ0v) is 13.7. The third kappa shape index (κ3) is 3.51. The van der Waals surface area contributed by atoms with Gasteiger partial charge in [-0.25, -0.2) is 4.98 Å². The summed E-state index contributed by atoms with van der Waals surface area (Å²) in [6.07, 6.45) is 10.0. The van der Waals surface area contributed by atoms with Crippen LogP contribution in [0, 0.1) is 18.8 Å². The minimum atomic E-state index is 0.0234. The van der Waals surface area contributed by atoms with E-state index >= 15 is 0 Å². The van der Waals surface area contributed by atoms with E-state index in [-0.39, 0.29) is 11.9 Å². The Kier molecular flexibility index (Phi) is 4.81. The van der Waals surface area contributed by atoms with Crippen LogP contribution in [-0.4, -0.2) is 34.1 Å². The average Bonchev–Trinajstić information content (AvgIpc) is 3.11. The van der Waals surface area contributed by atoms with Crippen molar-refractivity contribution in [2.45, 2.75) is 64.6 Å². The summed E-state index contributed by atoms with van der Waals surface area (Å²) in [6, 6.07) is 0.603. The molecule has 122 valence electrons. The van der Waals surface area contributed by atoms with Crippen LogP contribution in [0.5, 0.6) is 0 Å². The van der Waals surface area contributed by atoms with Gasteiger partial charge in [-0.05, 0) is 38.0 Å². The quantitative estimate of drug-likeness (QED) is 0.873. The van der Waals surface area contributed by atoms with Crippen LogP contribution in [0.15, 0.2) is 12.4 Å². The van der Waals surface area contributed by atoms with Gasteiger partial charge in [0, 0.05) is 31.5 Å². The molecule has 4 atom stereocenters. The van der Waals surface area contributed by atoms with Gasteiger partial charge in [-0.3, -0.25) is 4.79 Å². The predicted octanol–water partition coefficient (Wildman–Crippen LogP) is 1.86. The van der Waals surface area contributed by atoms with Crippen molar-refractivity contribution in [1.82, 2.24) is 20.2 Å². The molecule has 3 rings (SSSR count). The molecule has 2 heterocycles. The lowest BCUT2D eigenvalue weighted by Crippen LogP contribution is -2.44. The van der Waals surface area contributed by atoms with Crippen LogP contribution in [0.3, 0.4) is 0 Å². The number of aromatic nitrogens is 2. The van der Waals surface area contributed by atoms with E-state index in [0.717, 1.165) is 31.3 Å². The molecular formula is C17H28N4O. The number of nitrogens with one attached hydrogen (secondary N) is 2. The van der Waals surface area contributed by atoms with Crippen molar-refractivity contribution in [3.05, 3.63) is 18.2 Å². The van der Waals surface area contributed by atoms with Gasteiger partial charge >= 0.3 is 0 Å². The van der Waals surface area contributed by atoms with Crippen LogP contribution in [0.4, 0.5) is 0 Å².